The number of rotatable bonds is 7. The Morgan fingerprint density at radius 2 is 1.67 bits per heavy atom. The average Bonchev–Trinajstić information content (AvgIpc) is 3.56. The van der Waals surface area contributed by atoms with Crippen molar-refractivity contribution in [2.75, 3.05) is 7.11 Å². The van der Waals surface area contributed by atoms with E-state index in [1.54, 1.807) is 24.3 Å². The van der Waals surface area contributed by atoms with Gasteiger partial charge in [-0.3, -0.25) is 9.69 Å². The maximum absolute atomic E-state index is 13.0. The molecule has 0 atom stereocenters. The van der Waals surface area contributed by atoms with Crippen LogP contribution in [0.2, 0.25) is 0 Å². The lowest BCUT2D eigenvalue weighted by molar-refractivity contribution is -0.122. The van der Waals surface area contributed by atoms with E-state index in [9.17, 15) is 4.79 Å². The summed E-state index contributed by atoms with van der Waals surface area (Å²) in [5, 5.41) is 0. The minimum Gasteiger partial charge on any atom is -0.497 e. The molecule has 1 aliphatic heterocycles. The van der Waals surface area contributed by atoms with Gasteiger partial charge in [-0.1, -0.05) is 24.0 Å². The quantitative estimate of drug-likeness (QED) is 0.197. The number of benzene rings is 2. The Kier molecular flexibility index (Phi) is 6.71. The summed E-state index contributed by atoms with van der Waals surface area (Å²) in [4.78, 5) is 15.2. The van der Waals surface area contributed by atoms with Gasteiger partial charge in [0.2, 0.25) is 0 Å². The number of amides is 1. The number of aryl methyl sites for hydroxylation is 1. The third-order valence-electron chi connectivity index (χ3n) is 5.91. The van der Waals surface area contributed by atoms with Gasteiger partial charge in [0.15, 0.2) is 0 Å². The summed E-state index contributed by atoms with van der Waals surface area (Å²) < 4.78 is 19.2. The molecule has 0 aliphatic carbocycles. The Morgan fingerprint density at radius 3 is 2.31 bits per heavy atom. The normalized spacial score (nSPS) is 14.6. The number of carbonyl (C=O) groups excluding carboxylic acids is 1. The van der Waals surface area contributed by atoms with E-state index in [2.05, 4.69) is 10.6 Å². The van der Waals surface area contributed by atoms with E-state index in [-0.39, 0.29) is 5.91 Å². The molecule has 0 bridgehead atoms. The molecule has 4 aromatic rings. The fourth-order valence-corrected chi connectivity index (χ4v) is 5.36. The predicted molar refractivity (Wildman–Crippen MR) is 146 cm³/mol. The van der Waals surface area contributed by atoms with E-state index in [4.69, 9.17) is 26.1 Å². The van der Waals surface area contributed by atoms with Crippen molar-refractivity contribution >= 4 is 40.3 Å². The number of ether oxygens (including phenoxy) is 2. The summed E-state index contributed by atoms with van der Waals surface area (Å²) in [6.45, 7) is 4.43. The molecule has 36 heavy (non-hydrogen) atoms. The summed E-state index contributed by atoms with van der Waals surface area (Å²) >= 11 is 6.77. The Morgan fingerprint density at radius 1 is 1.00 bits per heavy atom. The third kappa shape index (κ3) is 4.82. The van der Waals surface area contributed by atoms with Gasteiger partial charge in [0.25, 0.3) is 5.91 Å². The van der Waals surface area contributed by atoms with Crippen LogP contribution in [0.1, 0.15) is 22.7 Å². The van der Waals surface area contributed by atoms with Crippen LogP contribution in [0.15, 0.2) is 82.3 Å². The van der Waals surface area contributed by atoms with Crippen LogP contribution < -0.4 is 9.47 Å². The Bertz CT molecular complexity index is 1440. The second-order valence-corrected chi connectivity index (χ2v) is 9.96. The van der Waals surface area contributed by atoms with Gasteiger partial charge < -0.3 is 18.5 Å². The molecule has 8 heteroatoms. The highest BCUT2D eigenvalue weighted by Gasteiger charge is 2.32. The zero-order valence-corrected chi connectivity index (χ0v) is 21.7. The first-order valence-electron chi connectivity index (χ1n) is 11.3. The van der Waals surface area contributed by atoms with Crippen LogP contribution in [0.4, 0.5) is 0 Å². The number of nitrogens with zero attached hydrogens (tertiary/aromatic N) is 2. The molecule has 6 nitrogen and oxygen atoms in total. The minimum atomic E-state index is -0.105. The number of carbonyl (C=O) groups is 1. The lowest BCUT2D eigenvalue weighted by Gasteiger charge is -2.12. The lowest BCUT2D eigenvalue weighted by Crippen LogP contribution is -2.27. The number of thioether (sulfide) groups is 1. The maximum atomic E-state index is 13.0. The second kappa shape index (κ2) is 10.1. The van der Waals surface area contributed by atoms with Gasteiger partial charge in [-0.25, -0.2) is 0 Å². The van der Waals surface area contributed by atoms with Crippen LogP contribution in [0.3, 0.4) is 0 Å². The first-order chi connectivity index (χ1) is 17.4. The van der Waals surface area contributed by atoms with Crippen molar-refractivity contribution in [1.82, 2.24) is 9.47 Å². The fourth-order valence-electron chi connectivity index (χ4n) is 4.11. The summed E-state index contributed by atoms with van der Waals surface area (Å²) in [5.41, 5.74) is 4.09. The molecule has 0 N–H and O–H groups in total. The van der Waals surface area contributed by atoms with E-state index in [0.717, 1.165) is 39.9 Å². The highest BCUT2D eigenvalue weighted by atomic mass is 32.2. The SMILES string of the molecule is COc1ccc(Oc2ccc(-n3c(C)cc(/C=C4\SC(=S)N(Cc5ccco5)C4=O)c3C)cc2)cc1. The van der Waals surface area contributed by atoms with Crippen LogP contribution in [-0.4, -0.2) is 26.8 Å². The van der Waals surface area contributed by atoms with Crippen molar-refractivity contribution in [2.45, 2.75) is 20.4 Å². The highest BCUT2D eigenvalue weighted by Crippen LogP contribution is 2.35. The van der Waals surface area contributed by atoms with Crippen molar-refractivity contribution in [1.29, 1.82) is 0 Å². The average molecular weight is 517 g/mol. The van der Waals surface area contributed by atoms with Gasteiger partial charge >= 0.3 is 0 Å². The standard InChI is InChI=1S/C28H24N2O4S2/c1-18-15-20(16-26-27(31)29(28(35)36-26)17-25-5-4-14-33-25)19(2)30(18)21-6-8-23(9-7-21)34-24-12-10-22(32-3)11-13-24/h4-16H,17H2,1-3H3/b26-16-. The zero-order chi connectivity index (χ0) is 25.2. The largest absolute Gasteiger partial charge is 0.497 e. The van der Waals surface area contributed by atoms with Crippen LogP contribution >= 0.6 is 24.0 Å². The van der Waals surface area contributed by atoms with Crippen LogP contribution in [0, 0.1) is 13.8 Å². The van der Waals surface area contributed by atoms with E-state index in [1.807, 2.05) is 74.5 Å². The van der Waals surface area contributed by atoms with Crippen molar-refractivity contribution in [3.8, 4) is 22.9 Å². The Labute approximate surface area is 219 Å². The molecule has 2 aromatic carbocycles. The first-order valence-corrected chi connectivity index (χ1v) is 12.5. The van der Waals surface area contributed by atoms with E-state index < -0.39 is 0 Å². The van der Waals surface area contributed by atoms with Gasteiger partial charge in [-0.15, -0.1) is 0 Å². The van der Waals surface area contributed by atoms with Crippen molar-refractivity contribution in [3.05, 3.63) is 101 Å². The molecule has 1 amide bonds. The molecule has 1 aliphatic rings. The first kappa shape index (κ1) is 24.0. The number of furan rings is 1. The number of aromatic nitrogens is 1. The molecule has 1 fully saturated rings. The molecular weight excluding hydrogens is 492 g/mol. The molecular formula is C28H24N2O4S2. The molecule has 0 spiro atoms. The minimum absolute atomic E-state index is 0.105. The topological polar surface area (TPSA) is 56.8 Å². The van der Waals surface area contributed by atoms with E-state index >= 15 is 0 Å². The highest BCUT2D eigenvalue weighted by molar-refractivity contribution is 8.26. The monoisotopic (exact) mass is 516 g/mol. The number of hydrogen-bond acceptors (Lipinski definition) is 6. The lowest BCUT2D eigenvalue weighted by atomic mass is 10.2. The van der Waals surface area contributed by atoms with Gasteiger partial charge in [-0.2, -0.15) is 0 Å². The van der Waals surface area contributed by atoms with Crippen molar-refractivity contribution in [3.63, 3.8) is 0 Å². The van der Waals surface area contributed by atoms with E-state index in [0.29, 0.717) is 21.5 Å². The number of thiocarbonyl (C=S) groups is 1. The summed E-state index contributed by atoms with van der Waals surface area (Å²) in [6.07, 6.45) is 3.51. The van der Waals surface area contributed by atoms with Gasteiger partial charge in [-0.05, 0) is 92.2 Å². The summed E-state index contributed by atoms with van der Waals surface area (Å²) in [5.74, 6) is 2.86. The summed E-state index contributed by atoms with van der Waals surface area (Å²) in [6, 6.07) is 21.1. The van der Waals surface area contributed by atoms with Gasteiger partial charge in [0.05, 0.1) is 24.8 Å². The number of hydrogen-bond donors (Lipinski definition) is 0. The second-order valence-electron chi connectivity index (χ2n) is 8.28. The molecule has 182 valence electrons. The Balaban J connectivity index is 1.35. The smallest absolute Gasteiger partial charge is 0.266 e. The molecule has 0 radical (unpaired) electrons. The van der Waals surface area contributed by atoms with Crippen molar-refractivity contribution in [2.24, 2.45) is 0 Å². The van der Waals surface area contributed by atoms with Crippen LogP contribution in [-0.2, 0) is 11.3 Å². The molecule has 0 unspecified atom stereocenters. The van der Waals surface area contributed by atoms with Gasteiger partial charge in [0.1, 0.15) is 27.3 Å². The molecule has 5 rings (SSSR count). The maximum Gasteiger partial charge on any atom is 0.266 e. The zero-order valence-electron chi connectivity index (χ0n) is 20.1. The van der Waals surface area contributed by atoms with E-state index in [1.165, 1.54) is 11.8 Å². The summed E-state index contributed by atoms with van der Waals surface area (Å²) in [7, 11) is 1.64. The molecule has 0 saturated carbocycles. The van der Waals surface area contributed by atoms with Crippen molar-refractivity contribution < 1.29 is 18.7 Å². The van der Waals surface area contributed by atoms with Gasteiger partial charge in [0, 0.05) is 17.1 Å². The molecule has 3 heterocycles. The predicted octanol–water partition coefficient (Wildman–Crippen LogP) is 6.89. The molecule has 2 aromatic heterocycles. The molecule has 1 saturated heterocycles. The van der Waals surface area contributed by atoms with Crippen LogP contribution in [0.25, 0.3) is 11.8 Å². The number of methoxy groups -OCH3 is 1. The Hall–Kier alpha value is -3.75. The van der Waals surface area contributed by atoms with Crippen LogP contribution in [0.5, 0.6) is 17.2 Å². The third-order valence-corrected chi connectivity index (χ3v) is 7.29. The fraction of sp³-hybridized carbons (Fsp3) is 0.143.